The lowest BCUT2D eigenvalue weighted by molar-refractivity contribution is -0.115. The molecule has 1 aliphatic heterocycles. The molecule has 1 aromatic carbocycles. The smallest absolute Gasteiger partial charge is 0.160 e. The summed E-state index contributed by atoms with van der Waals surface area (Å²) in [7, 11) is 1.63. The molecule has 0 aromatic heterocycles. The minimum atomic E-state index is -0.171. The normalized spacial score (nSPS) is 18.0. The van der Waals surface area contributed by atoms with Gasteiger partial charge < -0.3 is 4.74 Å². The van der Waals surface area contributed by atoms with Gasteiger partial charge in [0.15, 0.2) is 5.78 Å². The molecular formula is C16H19BrINO2S. The van der Waals surface area contributed by atoms with Crippen LogP contribution in [0.2, 0.25) is 0 Å². The van der Waals surface area contributed by atoms with E-state index in [0.717, 1.165) is 33.8 Å². The molecule has 0 aliphatic carbocycles. The van der Waals surface area contributed by atoms with Crippen LogP contribution in [-0.4, -0.2) is 30.2 Å². The summed E-state index contributed by atoms with van der Waals surface area (Å²) in [5.41, 5.74) is 1.10. The van der Waals surface area contributed by atoms with Gasteiger partial charge in [-0.1, -0.05) is 58.4 Å². The molecule has 1 heterocycles. The van der Waals surface area contributed by atoms with Gasteiger partial charge in [0.05, 0.1) is 21.8 Å². The fourth-order valence-electron chi connectivity index (χ4n) is 2.23. The van der Waals surface area contributed by atoms with Crippen LogP contribution in [0.25, 0.3) is 0 Å². The first-order chi connectivity index (χ1) is 10.3. The van der Waals surface area contributed by atoms with E-state index in [1.54, 1.807) is 18.9 Å². The van der Waals surface area contributed by atoms with Crippen molar-refractivity contribution in [3.8, 4) is 5.75 Å². The van der Waals surface area contributed by atoms with Gasteiger partial charge in [-0.05, 0) is 24.1 Å². The second-order valence-electron chi connectivity index (χ2n) is 5.83. The summed E-state index contributed by atoms with van der Waals surface area (Å²) in [5, 5.41) is 1.11. The van der Waals surface area contributed by atoms with Crippen LogP contribution in [0.15, 0.2) is 27.7 Å². The minimum Gasteiger partial charge on any atom is -0.497 e. The molecule has 0 amide bonds. The molecule has 3 nitrogen and oxygen atoms in total. The molecule has 0 fully saturated rings. The van der Waals surface area contributed by atoms with Gasteiger partial charge in [-0.15, -0.1) is 11.8 Å². The Balaban J connectivity index is 2.01. The predicted octanol–water partition coefficient (Wildman–Crippen LogP) is 5.06. The molecule has 0 N–H and O–H groups in total. The van der Waals surface area contributed by atoms with Crippen LogP contribution in [0, 0.1) is 5.41 Å². The van der Waals surface area contributed by atoms with E-state index in [4.69, 9.17) is 4.74 Å². The zero-order chi connectivity index (χ0) is 16.3. The Labute approximate surface area is 157 Å². The molecule has 22 heavy (non-hydrogen) atoms. The number of hydrogen-bond donors (Lipinski definition) is 0. The highest BCUT2D eigenvalue weighted by Crippen LogP contribution is 2.37. The zero-order valence-corrected chi connectivity index (χ0v) is 17.4. The third kappa shape index (κ3) is 4.26. The van der Waals surface area contributed by atoms with Crippen LogP contribution in [0.1, 0.15) is 29.8 Å². The maximum absolute atomic E-state index is 12.5. The topological polar surface area (TPSA) is 38.7 Å². The second kappa shape index (κ2) is 7.66. The van der Waals surface area contributed by atoms with Crippen LogP contribution in [0.4, 0.5) is 0 Å². The van der Waals surface area contributed by atoms with E-state index in [-0.39, 0.29) is 15.1 Å². The molecule has 0 saturated heterocycles. The number of ketones is 1. The van der Waals surface area contributed by atoms with Crippen molar-refractivity contribution in [2.45, 2.75) is 24.2 Å². The van der Waals surface area contributed by atoms with Crippen molar-refractivity contribution in [2.75, 3.05) is 19.4 Å². The number of rotatable bonds is 5. The summed E-state index contributed by atoms with van der Waals surface area (Å²) in [6.07, 6.45) is 1.07. The number of alkyl halides is 1. The summed E-state index contributed by atoms with van der Waals surface area (Å²) in [6, 6.07) is 5.72. The van der Waals surface area contributed by atoms with Crippen molar-refractivity contribution in [2.24, 2.45) is 10.4 Å². The van der Waals surface area contributed by atoms with Gasteiger partial charge in [-0.2, -0.15) is 0 Å². The Morgan fingerprint density at radius 1 is 1.55 bits per heavy atom. The number of methoxy groups -OCH3 is 1. The lowest BCUT2D eigenvalue weighted by atomic mass is 9.93. The summed E-state index contributed by atoms with van der Waals surface area (Å²) >= 11 is 7.32. The SMILES string of the molecule is COc1ccc(C(I)C(=O)CSC2=NCCC2(C)C)c(Br)c1. The maximum Gasteiger partial charge on any atom is 0.160 e. The molecule has 0 radical (unpaired) electrons. The van der Waals surface area contributed by atoms with Gasteiger partial charge in [0, 0.05) is 16.4 Å². The first-order valence-electron chi connectivity index (χ1n) is 7.03. The summed E-state index contributed by atoms with van der Waals surface area (Å²) < 4.78 is 5.93. The van der Waals surface area contributed by atoms with E-state index < -0.39 is 0 Å². The van der Waals surface area contributed by atoms with Gasteiger partial charge in [0.25, 0.3) is 0 Å². The number of ether oxygens (including phenoxy) is 1. The van der Waals surface area contributed by atoms with Gasteiger partial charge in [-0.25, -0.2) is 0 Å². The number of Topliss-reactive ketones (excluding diaryl/α,β-unsaturated/α-hetero) is 1. The third-order valence-electron chi connectivity index (χ3n) is 3.69. The largest absolute Gasteiger partial charge is 0.497 e. The molecule has 120 valence electrons. The molecule has 1 aliphatic rings. The molecular weight excluding hydrogens is 477 g/mol. The average molecular weight is 496 g/mol. The van der Waals surface area contributed by atoms with Crippen LogP contribution < -0.4 is 4.74 Å². The fourth-order valence-corrected chi connectivity index (χ4v) is 5.42. The Morgan fingerprint density at radius 2 is 2.27 bits per heavy atom. The van der Waals surface area contributed by atoms with Crippen molar-refractivity contribution in [1.29, 1.82) is 0 Å². The van der Waals surface area contributed by atoms with Gasteiger partial charge in [0.1, 0.15) is 5.75 Å². The molecule has 2 rings (SSSR count). The molecule has 1 unspecified atom stereocenters. The highest BCUT2D eigenvalue weighted by atomic mass is 127. The standard InChI is InChI=1S/C16H19BrINO2S/c1-16(2)6-7-19-15(16)22-9-13(20)14(18)11-5-4-10(21-3)8-12(11)17/h4-5,8,14H,6-7,9H2,1-3H3. The number of thioether (sulfide) groups is 1. The van der Waals surface area contributed by atoms with E-state index in [0.29, 0.717) is 5.75 Å². The van der Waals surface area contributed by atoms with Gasteiger partial charge in [-0.3, -0.25) is 9.79 Å². The molecule has 1 aromatic rings. The first-order valence-corrected chi connectivity index (χ1v) is 10.1. The second-order valence-corrected chi connectivity index (χ2v) is 8.89. The number of carbonyl (C=O) groups is 1. The molecule has 1 atom stereocenters. The molecule has 6 heteroatoms. The van der Waals surface area contributed by atoms with Crippen molar-refractivity contribution in [1.82, 2.24) is 0 Å². The average Bonchev–Trinajstić information content (AvgIpc) is 2.82. The van der Waals surface area contributed by atoms with Gasteiger partial charge >= 0.3 is 0 Å². The van der Waals surface area contributed by atoms with Crippen molar-refractivity contribution in [3.05, 3.63) is 28.2 Å². The predicted molar refractivity (Wildman–Crippen MR) is 106 cm³/mol. The van der Waals surface area contributed by atoms with E-state index in [1.807, 2.05) is 18.2 Å². The van der Waals surface area contributed by atoms with Crippen LogP contribution >= 0.6 is 50.3 Å². The van der Waals surface area contributed by atoms with Crippen molar-refractivity contribution < 1.29 is 9.53 Å². The van der Waals surface area contributed by atoms with E-state index in [2.05, 4.69) is 57.4 Å². The van der Waals surface area contributed by atoms with Crippen LogP contribution in [0.5, 0.6) is 5.75 Å². The number of hydrogen-bond acceptors (Lipinski definition) is 4. The van der Waals surface area contributed by atoms with E-state index in [1.165, 1.54) is 0 Å². The Bertz CT molecular complexity index is 604. The first kappa shape index (κ1) is 18.3. The van der Waals surface area contributed by atoms with Crippen molar-refractivity contribution >= 4 is 61.1 Å². The Morgan fingerprint density at radius 3 is 2.82 bits per heavy atom. The Hall–Kier alpha value is -0.0800. The summed E-state index contributed by atoms with van der Waals surface area (Å²) in [6.45, 7) is 5.26. The number of benzene rings is 1. The number of halogens is 2. The Kier molecular flexibility index (Phi) is 6.36. The van der Waals surface area contributed by atoms with Crippen molar-refractivity contribution in [3.63, 3.8) is 0 Å². The van der Waals surface area contributed by atoms with Crippen LogP contribution in [-0.2, 0) is 4.79 Å². The van der Waals surface area contributed by atoms with E-state index >= 15 is 0 Å². The quantitative estimate of drug-likeness (QED) is 0.423. The van der Waals surface area contributed by atoms with Gasteiger partial charge in [0.2, 0.25) is 0 Å². The van der Waals surface area contributed by atoms with Crippen LogP contribution in [0.3, 0.4) is 0 Å². The highest BCUT2D eigenvalue weighted by molar-refractivity contribution is 14.1. The highest BCUT2D eigenvalue weighted by Gasteiger charge is 2.30. The third-order valence-corrected chi connectivity index (χ3v) is 7.12. The number of carbonyl (C=O) groups excluding carboxylic acids is 1. The zero-order valence-electron chi connectivity index (χ0n) is 12.9. The number of aliphatic imine (C=N–C) groups is 1. The van der Waals surface area contributed by atoms with E-state index in [9.17, 15) is 4.79 Å². The molecule has 0 spiro atoms. The molecule has 0 saturated carbocycles. The minimum absolute atomic E-state index is 0.117. The summed E-state index contributed by atoms with van der Waals surface area (Å²) in [4.78, 5) is 17.0. The fraction of sp³-hybridized carbons (Fsp3) is 0.500. The summed E-state index contributed by atoms with van der Waals surface area (Å²) in [5.74, 6) is 1.46. The maximum atomic E-state index is 12.5. The monoisotopic (exact) mass is 495 g/mol. The lowest BCUT2D eigenvalue weighted by Gasteiger charge is -2.19. The molecule has 0 bridgehead atoms. The lowest BCUT2D eigenvalue weighted by Crippen LogP contribution is -2.19. The number of nitrogens with zero attached hydrogens (tertiary/aromatic N) is 1.